The molecule has 1 aromatic carbocycles. The molecule has 0 aliphatic carbocycles. The summed E-state index contributed by atoms with van der Waals surface area (Å²) in [5.74, 6) is 0. The Kier molecular flexibility index (Phi) is 3.79. The number of nitrogens with one attached hydrogen (secondary N) is 2. The Labute approximate surface area is 150 Å². The van der Waals surface area contributed by atoms with Gasteiger partial charge in [-0.2, -0.15) is 0 Å². The van der Waals surface area contributed by atoms with Crippen molar-refractivity contribution in [3.05, 3.63) is 57.0 Å². The molecule has 0 fully saturated rings. The number of fused-ring (bicyclic) bond motifs is 2. The molecule has 2 N–H and O–H groups in total. The molecule has 0 bridgehead atoms. The Hall–Kier alpha value is -3.09. The molecule has 3 heterocycles. The number of aryl methyl sites for hydroxylation is 3. The van der Waals surface area contributed by atoms with Crippen molar-refractivity contribution in [2.75, 3.05) is 11.4 Å². The summed E-state index contributed by atoms with van der Waals surface area (Å²) in [5, 5.41) is 6.29. The fourth-order valence-corrected chi connectivity index (χ4v) is 3.72. The van der Waals surface area contributed by atoms with Crippen molar-refractivity contribution in [2.45, 2.75) is 26.8 Å². The molecular formula is C19H21N5O2. The van der Waals surface area contributed by atoms with Gasteiger partial charge in [0.15, 0.2) is 5.65 Å². The lowest BCUT2D eigenvalue weighted by Crippen LogP contribution is -2.38. The zero-order valence-electron chi connectivity index (χ0n) is 15.1. The van der Waals surface area contributed by atoms with Gasteiger partial charge in [0.1, 0.15) is 0 Å². The van der Waals surface area contributed by atoms with Gasteiger partial charge in [-0.3, -0.25) is 19.5 Å². The van der Waals surface area contributed by atoms with Crippen LogP contribution >= 0.6 is 0 Å². The van der Waals surface area contributed by atoms with Gasteiger partial charge in [0.05, 0.1) is 5.39 Å². The van der Waals surface area contributed by atoms with E-state index in [1.165, 1.54) is 5.56 Å². The summed E-state index contributed by atoms with van der Waals surface area (Å²) in [7, 11) is 1.77. The minimum Gasteiger partial charge on any atom is -0.334 e. The van der Waals surface area contributed by atoms with Gasteiger partial charge in [0.2, 0.25) is 0 Å². The number of urea groups is 1. The normalized spacial score (nSPS) is 13.3. The number of para-hydroxylation sites is 1. The quantitative estimate of drug-likeness (QED) is 0.742. The first-order chi connectivity index (χ1) is 12.5. The smallest absolute Gasteiger partial charge is 0.322 e. The van der Waals surface area contributed by atoms with Gasteiger partial charge in [-0.05, 0) is 43.0 Å². The number of carbonyl (C=O) groups excluding carboxylic acids is 1. The van der Waals surface area contributed by atoms with Crippen LogP contribution in [0.5, 0.6) is 0 Å². The van der Waals surface area contributed by atoms with Gasteiger partial charge >= 0.3 is 6.03 Å². The maximum atomic E-state index is 12.7. The van der Waals surface area contributed by atoms with E-state index in [9.17, 15) is 9.59 Å². The summed E-state index contributed by atoms with van der Waals surface area (Å²) in [4.78, 5) is 31.1. The first kappa shape index (κ1) is 16.4. The zero-order chi connectivity index (χ0) is 18.4. The Morgan fingerprint density at radius 1 is 1.31 bits per heavy atom. The van der Waals surface area contributed by atoms with Gasteiger partial charge in [0.25, 0.3) is 5.56 Å². The second-order valence-electron chi connectivity index (χ2n) is 6.69. The molecule has 134 valence electrons. The number of anilines is 1. The topological polar surface area (TPSA) is 83.0 Å². The molecule has 1 aliphatic rings. The standard InChI is InChI=1S/C19H21N5O2/c1-11-14(12(2)21-17-16(11)18(25)22-23(17)3)10-20-19(26)24-9-8-13-6-4-5-7-15(13)24/h4-7H,8-10H2,1-3H3,(H,20,26)(H,22,25). The average molecular weight is 351 g/mol. The van der Waals surface area contributed by atoms with Crippen molar-refractivity contribution >= 4 is 22.8 Å². The van der Waals surface area contributed by atoms with Crippen molar-refractivity contribution < 1.29 is 4.79 Å². The molecule has 0 saturated carbocycles. The number of H-pyrrole nitrogens is 1. The van der Waals surface area contributed by atoms with Crippen molar-refractivity contribution in [3.8, 4) is 0 Å². The van der Waals surface area contributed by atoms with Crippen LogP contribution in [0.3, 0.4) is 0 Å². The Balaban J connectivity index is 1.60. The number of amides is 2. The molecule has 0 radical (unpaired) electrons. The number of aromatic nitrogens is 3. The van der Waals surface area contributed by atoms with E-state index in [1.807, 2.05) is 32.0 Å². The van der Waals surface area contributed by atoms with E-state index in [1.54, 1.807) is 16.6 Å². The third kappa shape index (κ3) is 2.47. The summed E-state index contributed by atoms with van der Waals surface area (Å²) < 4.78 is 1.63. The molecule has 1 aliphatic heterocycles. The molecule has 26 heavy (non-hydrogen) atoms. The number of aromatic amines is 1. The molecule has 0 unspecified atom stereocenters. The Morgan fingerprint density at radius 3 is 2.88 bits per heavy atom. The molecule has 3 aromatic rings. The van der Waals surface area contributed by atoms with Crippen molar-refractivity contribution in [1.29, 1.82) is 0 Å². The van der Waals surface area contributed by atoms with Gasteiger partial charge in [0, 0.05) is 31.5 Å². The Bertz CT molecular complexity index is 1080. The second-order valence-corrected chi connectivity index (χ2v) is 6.69. The number of benzene rings is 1. The fraction of sp³-hybridized carbons (Fsp3) is 0.316. The molecule has 2 aromatic heterocycles. The molecule has 0 saturated heterocycles. The lowest BCUT2D eigenvalue weighted by molar-refractivity contribution is 0.246. The van der Waals surface area contributed by atoms with Crippen LogP contribution in [0.15, 0.2) is 29.1 Å². The summed E-state index contributed by atoms with van der Waals surface area (Å²) >= 11 is 0. The predicted molar refractivity (Wildman–Crippen MR) is 101 cm³/mol. The molecule has 2 amide bonds. The van der Waals surface area contributed by atoms with E-state index in [0.717, 1.165) is 28.9 Å². The Morgan fingerprint density at radius 2 is 2.08 bits per heavy atom. The second kappa shape index (κ2) is 6.01. The minimum absolute atomic E-state index is 0.129. The van der Waals surface area contributed by atoms with E-state index in [0.29, 0.717) is 24.1 Å². The highest BCUT2D eigenvalue weighted by Crippen LogP contribution is 2.27. The highest BCUT2D eigenvalue weighted by molar-refractivity contribution is 5.94. The number of carbonyl (C=O) groups is 1. The summed E-state index contributed by atoms with van der Waals surface area (Å²) in [5.41, 5.74) is 5.18. The average Bonchev–Trinajstić information content (AvgIpc) is 3.16. The number of pyridine rings is 1. The van der Waals surface area contributed by atoms with Crippen molar-refractivity contribution in [2.24, 2.45) is 7.05 Å². The lowest BCUT2D eigenvalue weighted by atomic mass is 10.1. The molecule has 0 atom stereocenters. The molecular weight excluding hydrogens is 330 g/mol. The predicted octanol–water partition coefficient (Wildman–Crippen LogP) is 2.15. The number of rotatable bonds is 2. The SMILES string of the molecule is Cc1nc2c(c(C)c1CNC(=O)N1CCc3ccccc31)c(=O)[nH]n2C. The van der Waals surface area contributed by atoms with Gasteiger partial charge < -0.3 is 5.32 Å². The highest BCUT2D eigenvalue weighted by atomic mass is 16.2. The van der Waals surface area contributed by atoms with Crippen LogP contribution < -0.4 is 15.8 Å². The fourth-order valence-electron chi connectivity index (χ4n) is 3.72. The van der Waals surface area contributed by atoms with Crippen molar-refractivity contribution in [3.63, 3.8) is 0 Å². The molecule has 7 nitrogen and oxygen atoms in total. The van der Waals surface area contributed by atoms with Crippen LogP contribution in [-0.4, -0.2) is 27.3 Å². The van der Waals surface area contributed by atoms with Gasteiger partial charge in [-0.25, -0.2) is 9.78 Å². The van der Waals surface area contributed by atoms with E-state index in [4.69, 9.17) is 0 Å². The summed E-state index contributed by atoms with van der Waals surface area (Å²) in [6, 6.07) is 7.82. The van der Waals surface area contributed by atoms with Crippen LogP contribution in [-0.2, 0) is 20.0 Å². The van der Waals surface area contributed by atoms with Crippen LogP contribution in [0.4, 0.5) is 10.5 Å². The minimum atomic E-state index is -0.159. The maximum Gasteiger partial charge on any atom is 0.322 e. The van der Waals surface area contributed by atoms with Crippen LogP contribution in [0.2, 0.25) is 0 Å². The van der Waals surface area contributed by atoms with Crippen molar-refractivity contribution in [1.82, 2.24) is 20.1 Å². The number of nitrogens with zero attached hydrogens (tertiary/aromatic N) is 3. The monoisotopic (exact) mass is 351 g/mol. The van der Waals surface area contributed by atoms with E-state index in [2.05, 4.69) is 21.5 Å². The van der Waals surface area contributed by atoms with Gasteiger partial charge in [-0.15, -0.1) is 0 Å². The largest absolute Gasteiger partial charge is 0.334 e. The van der Waals surface area contributed by atoms with E-state index < -0.39 is 0 Å². The summed E-state index contributed by atoms with van der Waals surface area (Å²) in [6.07, 6.45) is 0.870. The van der Waals surface area contributed by atoms with Crippen LogP contribution in [0.25, 0.3) is 11.0 Å². The van der Waals surface area contributed by atoms with Gasteiger partial charge in [-0.1, -0.05) is 18.2 Å². The molecule has 0 spiro atoms. The highest BCUT2D eigenvalue weighted by Gasteiger charge is 2.24. The molecule has 4 rings (SSSR count). The lowest BCUT2D eigenvalue weighted by Gasteiger charge is -2.19. The van der Waals surface area contributed by atoms with Crippen LogP contribution in [0, 0.1) is 13.8 Å². The first-order valence-corrected chi connectivity index (χ1v) is 8.65. The van der Waals surface area contributed by atoms with Crippen LogP contribution in [0.1, 0.15) is 22.4 Å². The zero-order valence-corrected chi connectivity index (χ0v) is 15.1. The molecule has 7 heteroatoms. The van der Waals surface area contributed by atoms with E-state index >= 15 is 0 Å². The first-order valence-electron chi connectivity index (χ1n) is 8.65. The summed E-state index contributed by atoms with van der Waals surface area (Å²) in [6.45, 7) is 4.82. The third-order valence-corrected chi connectivity index (χ3v) is 5.12. The number of hydrogen-bond acceptors (Lipinski definition) is 3. The number of hydrogen-bond donors (Lipinski definition) is 2. The maximum absolute atomic E-state index is 12.7. The van der Waals surface area contributed by atoms with E-state index in [-0.39, 0.29) is 11.6 Å². The third-order valence-electron chi connectivity index (χ3n) is 5.12.